The molecule has 0 aliphatic carbocycles. The maximum Gasteiger partial charge on any atom is 0.325 e. The van der Waals surface area contributed by atoms with Gasteiger partial charge in [-0.1, -0.05) is 32.0 Å². The summed E-state index contributed by atoms with van der Waals surface area (Å²) in [5.74, 6) is 0.0746. The fraction of sp³-hybridized carbons (Fsp3) is 0.417. The largest absolute Gasteiger partial charge is 0.376 e. The number of fused-ring (bicyclic) bond motifs is 1. The molecule has 32 heavy (non-hydrogen) atoms. The molecule has 3 heterocycles. The van der Waals surface area contributed by atoms with E-state index < -0.39 is 0 Å². The van der Waals surface area contributed by atoms with Crippen molar-refractivity contribution >= 4 is 22.6 Å². The number of ether oxygens (including phenoxy) is 2. The molecule has 2 fully saturated rings. The van der Waals surface area contributed by atoms with Crippen LogP contribution in [0.3, 0.4) is 0 Å². The van der Waals surface area contributed by atoms with Gasteiger partial charge in [0.05, 0.1) is 36.7 Å². The van der Waals surface area contributed by atoms with E-state index in [-0.39, 0.29) is 24.0 Å². The molecule has 2 saturated heterocycles. The van der Waals surface area contributed by atoms with Gasteiger partial charge in [-0.25, -0.2) is 13.9 Å². The predicted molar refractivity (Wildman–Crippen MR) is 120 cm³/mol. The molecule has 0 radical (unpaired) electrons. The third kappa shape index (κ3) is 3.63. The van der Waals surface area contributed by atoms with E-state index in [1.165, 1.54) is 6.07 Å². The van der Waals surface area contributed by atoms with E-state index in [9.17, 15) is 9.18 Å². The monoisotopic (exact) mass is 438 g/mol. The van der Waals surface area contributed by atoms with E-state index in [0.29, 0.717) is 44.5 Å². The summed E-state index contributed by atoms with van der Waals surface area (Å²) < 4.78 is 27.6. The number of halogens is 1. The molecule has 2 aliphatic rings. The Morgan fingerprint density at radius 3 is 2.75 bits per heavy atom. The molecule has 2 aliphatic heterocycles. The molecule has 0 spiro atoms. The van der Waals surface area contributed by atoms with Crippen LogP contribution in [0.15, 0.2) is 48.7 Å². The topological polar surface area (TPSA) is 59.8 Å². The number of hydrogen-bond acceptors (Lipinski definition) is 4. The van der Waals surface area contributed by atoms with Crippen molar-refractivity contribution in [1.29, 1.82) is 0 Å². The number of urea groups is 1. The lowest BCUT2D eigenvalue weighted by Gasteiger charge is -2.28. The Labute approximate surface area is 186 Å². The maximum atomic E-state index is 14.4. The predicted octanol–water partition coefficient (Wildman–Crippen LogP) is 3.85. The minimum absolute atomic E-state index is 0.0650. The zero-order chi connectivity index (χ0) is 22.2. The molecule has 2 atom stereocenters. The number of carbonyl (C=O) groups is 1. The number of nitrogens with zero attached hydrogens (tertiary/aromatic N) is 4. The molecule has 2 unspecified atom stereocenters. The van der Waals surface area contributed by atoms with Crippen LogP contribution in [-0.4, -0.2) is 65.8 Å². The van der Waals surface area contributed by atoms with Crippen LogP contribution >= 0.6 is 0 Å². The van der Waals surface area contributed by atoms with E-state index in [4.69, 9.17) is 9.47 Å². The van der Waals surface area contributed by atoms with Crippen molar-refractivity contribution in [2.24, 2.45) is 5.92 Å². The summed E-state index contributed by atoms with van der Waals surface area (Å²) in [5.41, 5.74) is 1.90. The van der Waals surface area contributed by atoms with Crippen molar-refractivity contribution in [2.75, 3.05) is 37.8 Å². The second kappa shape index (κ2) is 8.52. The van der Waals surface area contributed by atoms with Crippen LogP contribution in [0.2, 0.25) is 0 Å². The van der Waals surface area contributed by atoms with Crippen LogP contribution in [-0.2, 0) is 9.47 Å². The zero-order valence-corrected chi connectivity index (χ0v) is 18.3. The Kier molecular flexibility index (Phi) is 5.57. The first-order valence-corrected chi connectivity index (χ1v) is 11.0. The summed E-state index contributed by atoms with van der Waals surface area (Å²) in [7, 11) is 0. The first kappa shape index (κ1) is 20.9. The number of para-hydroxylation sites is 1. The lowest BCUT2D eigenvalue weighted by molar-refractivity contribution is 0.00554. The highest BCUT2D eigenvalue weighted by molar-refractivity contribution is 6.03. The Balaban J connectivity index is 1.42. The summed E-state index contributed by atoms with van der Waals surface area (Å²) in [4.78, 5) is 17.0. The van der Waals surface area contributed by atoms with Crippen molar-refractivity contribution in [1.82, 2.24) is 14.7 Å². The van der Waals surface area contributed by atoms with E-state index in [2.05, 4.69) is 18.9 Å². The van der Waals surface area contributed by atoms with Gasteiger partial charge in [0.15, 0.2) is 0 Å². The van der Waals surface area contributed by atoms with E-state index in [0.717, 1.165) is 16.6 Å². The second-order valence-corrected chi connectivity index (χ2v) is 8.72. The molecule has 2 aromatic carbocycles. The fourth-order valence-electron chi connectivity index (χ4n) is 4.46. The van der Waals surface area contributed by atoms with Gasteiger partial charge in [-0.05, 0) is 30.2 Å². The number of rotatable bonds is 6. The lowest BCUT2D eigenvalue weighted by Crippen LogP contribution is -2.46. The Morgan fingerprint density at radius 1 is 1.12 bits per heavy atom. The average Bonchev–Trinajstić information content (AvgIpc) is 3.50. The average molecular weight is 439 g/mol. The van der Waals surface area contributed by atoms with Crippen molar-refractivity contribution in [3.8, 4) is 5.69 Å². The Morgan fingerprint density at radius 2 is 1.94 bits per heavy atom. The highest BCUT2D eigenvalue weighted by Gasteiger charge is 2.42. The molecule has 168 valence electrons. The van der Waals surface area contributed by atoms with Crippen molar-refractivity contribution < 1.29 is 18.7 Å². The smallest absolute Gasteiger partial charge is 0.325 e. The van der Waals surface area contributed by atoms with Crippen LogP contribution in [0, 0.1) is 11.7 Å². The summed E-state index contributed by atoms with van der Waals surface area (Å²) in [5, 5.41) is 5.22. The summed E-state index contributed by atoms with van der Waals surface area (Å²) in [6.07, 6.45) is 1.58. The molecular formula is C24H27FN4O3. The van der Waals surface area contributed by atoms with E-state index in [1.54, 1.807) is 34.0 Å². The number of aromatic nitrogens is 2. The van der Waals surface area contributed by atoms with Crippen LogP contribution in [0.4, 0.5) is 14.9 Å². The van der Waals surface area contributed by atoms with Crippen molar-refractivity contribution in [2.45, 2.75) is 26.0 Å². The van der Waals surface area contributed by atoms with Gasteiger partial charge in [-0.15, -0.1) is 0 Å². The Bertz CT molecular complexity index is 1130. The van der Waals surface area contributed by atoms with Crippen molar-refractivity contribution in [3.63, 3.8) is 0 Å². The zero-order valence-electron chi connectivity index (χ0n) is 18.3. The quantitative estimate of drug-likeness (QED) is 0.587. The fourth-order valence-corrected chi connectivity index (χ4v) is 4.46. The first-order valence-electron chi connectivity index (χ1n) is 11.0. The third-order valence-electron chi connectivity index (χ3n) is 6.05. The SMILES string of the molecule is CC(C)COC1COCC1N1CCN(c2cccc3c2cnn3-c2ccccc2F)C1=O. The molecule has 7 nitrogen and oxygen atoms in total. The minimum Gasteiger partial charge on any atom is -0.376 e. The van der Waals surface area contributed by atoms with Crippen LogP contribution in [0.5, 0.6) is 0 Å². The van der Waals surface area contributed by atoms with Gasteiger partial charge in [0, 0.05) is 25.1 Å². The van der Waals surface area contributed by atoms with E-state index >= 15 is 0 Å². The van der Waals surface area contributed by atoms with Gasteiger partial charge < -0.3 is 14.4 Å². The van der Waals surface area contributed by atoms with Gasteiger partial charge in [-0.3, -0.25) is 4.90 Å². The highest BCUT2D eigenvalue weighted by atomic mass is 19.1. The van der Waals surface area contributed by atoms with Gasteiger partial charge in [0.1, 0.15) is 17.6 Å². The number of anilines is 1. The molecule has 5 rings (SSSR count). The number of benzene rings is 2. The van der Waals surface area contributed by atoms with E-state index in [1.807, 2.05) is 23.1 Å². The van der Waals surface area contributed by atoms with Crippen LogP contribution in [0.1, 0.15) is 13.8 Å². The third-order valence-corrected chi connectivity index (χ3v) is 6.05. The summed E-state index contributed by atoms with van der Waals surface area (Å²) in [6.45, 7) is 7.02. The second-order valence-electron chi connectivity index (χ2n) is 8.72. The molecular weight excluding hydrogens is 411 g/mol. The molecule has 3 aromatic rings. The van der Waals surface area contributed by atoms with Gasteiger partial charge in [-0.2, -0.15) is 5.10 Å². The first-order chi connectivity index (χ1) is 15.5. The summed E-state index contributed by atoms with van der Waals surface area (Å²) in [6, 6.07) is 12.0. The molecule has 0 saturated carbocycles. The van der Waals surface area contributed by atoms with Gasteiger partial charge >= 0.3 is 6.03 Å². The molecule has 1 aromatic heterocycles. The molecule has 8 heteroatoms. The number of carbonyl (C=O) groups excluding carboxylic acids is 1. The van der Waals surface area contributed by atoms with Crippen molar-refractivity contribution in [3.05, 3.63) is 54.5 Å². The maximum absolute atomic E-state index is 14.4. The van der Waals surface area contributed by atoms with Crippen LogP contribution in [0.25, 0.3) is 16.6 Å². The standard InChI is InChI=1S/C24H27FN4O3/c1-16(2)13-32-23-15-31-14-22(23)28-11-10-27(24(28)30)19-8-5-9-20-17(19)12-26-29(20)21-7-4-3-6-18(21)25/h3-9,12,16,22-23H,10-11,13-15H2,1-2H3. The normalized spacial score (nSPS) is 21.4. The summed E-state index contributed by atoms with van der Waals surface area (Å²) >= 11 is 0. The Hall–Kier alpha value is -2.97. The minimum atomic E-state index is -0.347. The molecule has 2 amide bonds. The lowest BCUT2D eigenvalue weighted by atomic mass is 10.2. The molecule has 0 N–H and O–H groups in total. The van der Waals surface area contributed by atoms with Gasteiger partial charge in [0.25, 0.3) is 0 Å². The van der Waals surface area contributed by atoms with Crippen LogP contribution < -0.4 is 4.90 Å². The van der Waals surface area contributed by atoms with Gasteiger partial charge in [0.2, 0.25) is 0 Å². The number of hydrogen-bond donors (Lipinski definition) is 0. The number of amides is 2. The molecule has 0 bridgehead atoms. The highest BCUT2D eigenvalue weighted by Crippen LogP contribution is 2.32.